The number of hydrogen-bond donors (Lipinski definition) is 0. The Balaban J connectivity index is 1.91. The Morgan fingerprint density at radius 1 is 1.07 bits per heavy atom. The lowest BCUT2D eigenvalue weighted by Gasteiger charge is -2.27. The lowest BCUT2D eigenvalue weighted by atomic mass is 9.97. The van der Waals surface area contributed by atoms with Crippen molar-refractivity contribution >= 4 is 22.5 Å². The lowest BCUT2D eigenvalue weighted by molar-refractivity contribution is 0.315. The molecule has 0 amide bonds. The van der Waals surface area contributed by atoms with Gasteiger partial charge in [-0.15, -0.1) is 0 Å². The molecule has 0 aliphatic carbocycles. The average Bonchev–Trinajstić information content (AvgIpc) is 3.39. The number of likely N-dealkylation sites (N-methyl/N-ethyl adjacent to an activating group) is 1. The maximum absolute atomic E-state index is 10.1. The van der Waals surface area contributed by atoms with Gasteiger partial charge in [0.05, 0.1) is 16.6 Å². The first-order valence-corrected chi connectivity index (χ1v) is 10.4. The Labute approximate surface area is 176 Å². The van der Waals surface area contributed by atoms with Gasteiger partial charge in [0, 0.05) is 24.7 Å². The topological polar surface area (TPSA) is 47.6 Å². The van der Waals surface area contributed by atoms with Crippen LogP contribution in [0.5, 0.6) is 0 Å². The summed E-state index contributed by atoms with van der Waals surface area (Å²) < 4.78 is 2.21. The zero-order valence-corrected chi connectivity index (χ0v) is 17.6. The molecule has 1 unspecified atom stereocenters. The summed E-state index contributed by atoms with van der Waals surface area (Å²) in [5.74, 6) is 1.14. The Kier molecular flexibility index (Phi) is 4.45. The van der Waals surface area contributed by atoms with E-state index in [1.807, 2.05) is 24.3 Å². The molecule has 5 nitrogen and oxygen atoms in total. The van der Waals surface area contributed by atoms with E-state index in [9.17, 15) is 5.26 Å². The predicted molar refractivity (Wildman–Crippen MR) is 122 cm³/mol. The first-order valence-electron chi connectivity index (χ1n) is 10.4. The highest BCUT2D eigenvalue weighted by molar-refractivity contribution is 5.92. The number of rotatable bonds is 3. The molecular formula is C25H25N5. The molecule has 2 aromatic carbocycles. The third-order valence-corrected chi connectivity index (χ3v) is 6.34. The van der Waals surface area contributed by atoms with Gasteiger partial charge in [-0.25, -0.2) is 4.98 Å². The van der Waals surface area contributed by atoms with Crippen molar-refractivity contribution in [3.63, 3.8) is 0 Å². The predicted octanol–water partition coefficient (Wildman–Crippen LogP) is 4.47. The van der Waals surface area contributed by atoms with Crippen molar-refractivity contribution in [1.82, 2.24) is 14.3 Å². The standard InChI is InChI=1S/C25H25N5/c1-17-20(15-26)24-27-21-11-7-8-12-22(21)30(24)25(23(17)18-9-5-4-6-10-18)29-14-13-19(16-29)28(2)3/h4-12,19H,13-14,16H2,1-3H3. The van der Waals surface area contributed by atoms with Crippen LogP contribution in [0.15, 0.2) is 54.6 Å². The highest BCUT2D eigenvalue weighted by Crippen LogP contribution is 2.40. The van der Waals surface area contributed by atoms with Crippen LogP contribution in [-0.4, -0.2) is 47.5 Å². The van der Waals surface area contributed by atoms with E-state index in [1.54, 1.807) is 0 Å². The van der Waals surface area contributed by atoms with Gasteiger partial charge in [0.15, 0.2) is 5.65 Å². The summed E-state index contributed by atoms with van der Waals surface area (Å²) in [4.78, 5) is 9.65. The fourth-order valence-electron chi connectivity index (χ4n) is 4.72. The average molecular weight is 396 g/mol. The van der Waals surface area contributed by atoms with Crippen molar-refractivity contribution in [2.75, 3.05) is 32.1 Å². The fourth-order valence-corrected chi connectivity index (χ4v) is 4.72. The maximum atomic E-state index is 10.1. The number of anilines is 1. The summed E-state index contributed by atoms with van der Waals surface area (Å²) in [5, 5.41) is 10.1. The molecule has 0 saturated carbocycles. The largest absolute Gasteiger partial charge is 0.356 e. The normalized spacial score (nSPS) is 16.6. The molecule has 150 valence electrons. The Bertz CT molecular complexity index is 1280. The first kappa shape index (κ1) is 18.7. The van der Waals surface area contributed by atoms with Crippen LogP contribution in [0.25, 0.3) is 27.8 Å². The zero-order chi connectivity index (χ0) is 20.8. The third-order valence-electron chi connectivity index (χ3n) is 6.34. The van der Waals surface area contributed by atoms with Gasteiger partial charge >= 0.3 is 0 Å². The van der Waals surface area contributed by atoms with Gasteiger partial charge in [-0.1, -0.05) is 42.5 Å². The van der Waals surface area contributed by atoms with Gasteiger partial charge in [-0.3, -0.25) is 4.40 Å². The minimum absolute atomic E-state index is 0.509. The second-order valence-electron chi connectivity index (χ2n) is 8.29. The number of nitriles is 1. The number of imidazole rings is 1. The molecule has 1 atom stereocenters. The van der Waals surface area contributed by atoms with Gasteiger partial charge < -0.3 is 9.80 Å². The smallest absolute Gasteiger partial charge is 0.157 e. The van der Waals surface area contributed by atoms with Crippen molar-refractivity contribution < 1.29 is 0 Å². The number of pyridine rings is 1. The molecule has 1 saturated heterocycles. The zero-order valence-electron chi connectivity index (χ0n) is 17.6. The molecule has 2 aromatic heterocycles. The van der Waals surface area contributed by atoms with E-state index in [1.165, 1.54) is 0 Å². The SMILES string of the molecule is Cc1c(-c2ccccc2)c(N2CCC(N(C)C)C2)n2c(nc3ccccc32)c1C#N. The molecule has 1 aliphatic heterocycles. The molecule has 30 heavy (non-hydrogen) atoms. The molecular weight excluding hydrogens is 370 g/mol. The second kappa shape index (κ2) is 7.16. The summed E-state index contributed by atoms with van der Waals surface area (Å²) in [6.45, 7) is 4.00. The van der Waals surface area contributed by atoms with Crippen molar-refractivity contribution in [3.8, 4) is 17.2 Å². The first-order chi connectivity index (χ1) is 14.6. The Morgan fingerprint density at radius 3 is 2.50 bits per heavy atom. The van der Waals surface area contributed by atoms with Crippen LogP contribution in [0.4, 0.5) is 5.82 Å². The summed E-state index contributed by atoms with van der Waals surface area (Å²) in [7, 11) is 4.30. The van der Waals surface area contributed by atoms with Crippen LogP contribution in [-0.2, 0) is 0 Å². The number of benzene rings is 2. The van der Waals surface area contributed by atoms with Gasteiger partial charge in [0.1, 0.15) is 11.9 Å². The highest BCUT2D eigenvalue weighted by atomic mass is 15.3. The van der Waals surface area contributed by atoms with Crippen molar-refractivity contribution in [2.45, 2.75) is 19.4 Å². The van der Waals surface area contributed by atoms with Gasteiger partial charge in [0.25, 0.3) is 0 Å². The van der Waals surface area contributed by atoms with Gasteiger partial charge in [0.2, 0.25) is 0 Å². The molecule has 0 radical (unpaired) electrons. The Morgan fingerprint density at radius 2 is 1.80 bits per heavy atom. The van der Waals surface area contributed by atoms with Crippen LogP contribution >= 0.6 is 0 Å². The van der Waals surface area contributed by atoms with Crippen LogP contribution in [0, 0.1) is 18.3 Å². The van der Waals surface area contributed by atoms with E-state index >= 15 is 0 Å². The quantitative estimate of drug-likeness (QED) is 0.513. The highest BCUT2D eigenvalue weighted by Gasteiger charge is 2.30. The van der Waals surface area contributed by atoms with Gasteiger partial charge in [-0.05, 0) is 50.7 Å². The molecule has 1 aliphatic rings. The molecule has 4 aromatic rings. The van der Waals surface area contributed by atoms with E-state index in [4.69, 9.17) is 4.98 Å². The molecule has 1 fully saturated rings. The number of aromatic nitrogens is 2. The van der Waals surface area contributed by atoms with E-state index in [0.29, 0.717) is 11.6 Å². The maximum Gasteiger partial charge on any atom is 0.157 e. The molecule has 3 heterocycles. The third kappa shape index (κ3) is 2.76. The number of hydrogen-bond acceptors (Lipinski definition) is 4. The molecule has 0 N–H and O–H groups in total. The number of fused-ring (bicyclic) bond motifs is 3. The van der Waals surface area contributed by atoms with E-state index in [0.717, 1.165) is 58.7 Å². The van der Waals surface area contributed by atoms with E-state index in [2.05, 4.69) is 71.6 Å². The number of nitrogens with zero attached hydrogens (tertiary/aromatic N) is 5. The lowest BCUT2D eigenvalue weighted by Crippen LogP contribution is -2.32. The summed E-state index contributed by atoms with van der Waals surface area (Å²) in [6, 6.07) is 21.6. The van der Waals surface area contributed by atoms with Gasteiger partial charge in [-0.2, -0.15) is 5.26 Å². The minimum atomic E-state index is 0.509. The molecule has 0 bridgehead atoms. The van der Waals surface area contributed by atoms with Crippen LogP contribution in [0.1, 0.15) is 17.5 Å². The minimum Gasteiger partial charge on any atom is -0.356 e. The summed E-state index contributed by atoms with van der Waals surface area (Å²) >= 11 is 0. The van der Waals surface area contributed by atoms with Crippen molar-refractivity contribution in [3.05, 3.63) is 65.7 Å². The molecule has 5 heteroatoms. The van der Waals surface area contributed by atoms with Crippen molar-refractivity contribution in [1.29, 1.82) is 5.26 Å². The second-order valence-corrected chi connectivity index (χ2v) is 8.29. The fraction of sp³-hybridized carbons (Fsp3) is 0.280. The molecule has 5 rings (SSSR count). The van der Waals surface area contributed by atoms with Crippen molar-refractivity contribution in [2.24, 2.45) is 0 Å². The van der Waals surface area contributed by atoms with Crippen LogP contribution in [0.3, 0.4) is 0 Å². The molecule has 0 spiro atoms. The summed E-state index contributed by atoms with van der Waals surface area (Å²) in [6.07, 6.45) is 1.12. The van der Waals surface area contributed by atoms with E-state index in [-0.39, 0.29) is 0 Å². The Hall–Kier alpha value is -3.36. The monoisotopic (exact) mass is 395 g/mol. The van der Waals surface area contributed by atoms with E-state index < -0.39 is 0 Å². The van der Waals surface area contributed by atoms with Crippen LogP contribution < -0.4 is 4.90 Å². The summed E-state index contributed by atoms with van der Waals surface area (Å²) in [5.41, 5.74) is 6.62. The number of para-hydroxylation sites is 2. The van der Waals surface area contributed by atoms with Crippen LogP contribution in [0.2, 0.25) is 0 Å².